The molecular formula is C29H35N5. The van der Waals surface area contributed by atoms with Crippen molar-refractivity contribution < 1.29 is 0 Å². The third-order valence-electron chi connectivity index (χ3n) is 6.24. The van der Waals surface area contributed by atoms with Crippen LogP contribution in [-0.4, -0.2) is 13.1 Å². The first-order valence-electron chi connectivity index (χ1n) is 12.7. The second-order valence-electron chi connectivity index (χ2n) is 8.96. The number of unbranched alkanes of at least 4 members (excludes halogenated alkanes) is 4. The molecule has 5 nitrogen and oxygen atoms in total. The molecule has 0 unspecified atom stereocenters. The molecule has 1 saturated heterocycles. The average molecular weight is 454 g/mol. The summed E-state index contributed by atoms with van der Waals surface area (Å²) >= 11 is 0. The molecule has 1 fully saturated rings. The molecule has 3 aromatic carbocycles. The number of aryl methyl sites for hydroxylation is 1. The summed E-state index contributed by atoms with van der Waals surface area (Å²) in [4.78, 5) is 2.41. The normalized spacial score (nSPS) is 14.0. The van der Waals surface area contributed by atoms with Gasteiger partial charge in [0.15, 0.2) is 0 Å². The highest BCUT2D eigenvalue weighted by Gasteiger charge is 2.11. The van der Waals surface area contributed by atoms with E-state index in [4.69, 9.17) is 0 Å². The lowest BCUT2D eigenvalue weighted by Crippen LogP contribution is -2.17. The monoisotopic (exact) mass is 453 g/mol. The zero-order valence-corrected chi connectivity index (χ0v) is 20.2. The van der Waals surface area contributed by atoms with Gasteiger partial charge in [-0.3, -0.25) is 0 Å². The van der Waals surface area contributed by atoms with Crippen LogP contribution in [0.15, 0.2) is 93.3 Å². The van der Waals surface area contributed by atoms with Gasteiger partial charge in [0.05, 0.1) is 22.7 Å². The van der Waals surface area contributed by atoms with Crippen LogP contribution in [-0.2, 0) is 6.42 Å². The Morgan fingerprint density at radius 3 is 1.50 bits per heavy atom. The van der Waals surface area contributed by atoms with E-state index >= 15 is 0 Å². The van der Waals surface area contributed by atoms with Crippen molar-refractivity contribution in [3.8, 4) is 0 Å². The molecule has 176 valence electrons. The van der Waals surface area contributed by atoms with Gasteiger partial charge >= 0.3 is 0 Å². The molecule has 1 heterocycles. The molecule has 0 amide bonds. The standard InChI is InChI=1S/C29H35N5/c1-2-3-4-5-6-9-24-10-12-25(13-11-24)30-31-26-14-16-27(17-15-26)32-33-28-18-20-29(21-19-28)34-22-7-8-23-34/h10-21H,2-9,22-23H2,1H3. The van der Waals surface area contributed by atoms with Crippen molar-refractivity contribution >= 4 is 28.4 Å². The largest absolute Gasteiger partial charge is 0.372 e. The Balaban J connectivity index is 1.26. The van der Waals surface area contributed by atoms with Crippen molar-refractivity contribution in [3.63, 3.8) is 0 Å². The molecule has 0 aromatic heterocycles. The minimum absolute atomic E-state index is 0.797. The Kier molecular flexibility index (Phi) is 8.95. The predicted molar refractivity (Wildman–Crippen MR) is 142 cm³/mol. The summed E-state index contributed by atoms with van der Waals surface area (Å²) < 4.78 is 0. The maximum atomic E-state index is 4.37. The molecular weight excluding hydrogens is 418 g/mol. The lowest BCUT2D eigenvalue weighted by Gasteiger charge is -2.17. The fourth-order valence-electron chi connectivity index (χ4n) is 4.18. The van der Waals surface area contributed by atoms with Gasteiger partial charge in [0.2, 0.25) is 0 Å². The topological polar surface area (TPSA) is 52.7 Å². The lowest BCUT2D eigenvalue weighted by atomic mass is 10.1. The third-order valence-corrected chi connectivity index (χ3v) is 6.24. The zero-order valence-electron chi connectivity index (χ0n) is 20.2. The number of azo groups is 2. The van der Waals surface area contributed by atoms with E-state index in [1.807, 2.05) is 48.5 Å². The van der Waals surface area contributed by atoms with E-state index in [0.29, 0.717) is 0 Å². The van der Waals surface area contributed by atoms with Gasteiger partial charge in [0.1, 0.15) is 0 Å². The van der Waals surface area contributed by atoms with Crippen molar-refractivity contribution in [1.82, 2.24) is 0 Å². The average Bonchev–Trinajstić information content (AvgIpc) is 3.43. The summed E-state index contributed by atoms with van der Waals surface area (Å²) in [6, 6.07) is 24.4. The Morgan fingerprint density at radius 1 is 0.559 bits per heavy atom. The van der Waals surface area contributed by atoms with Crippen LogP contribution in [0.1, 0.15) is 57.4 Å². The van der Waals surface area contributed by atoms with Crippen molar-refractivity contribution in [1.29, 1.82) is 0 Å². The smallest absolute Gasteiger partial charge is 0.0858 e. The molecule has 34 heavy (non-hydrogen) atoms. The molecule has 0 spiro atoms. The van der Waals surface area contributed by atoms with Gasteiger partial charge in [-0.15, -0.1) is 0 Å². The Labute approximate surface area is 203 Å². The van der Waals surface area contributed by atoms with Gasteiger partial charge in [-0.05, 0) is 91.9 Å². The SMILES string of the molecule is CCCCCCCc1ccc(N=Nc2ccc(N=Nc3ccc(N4CCCC4)cc3)cc2)cc1. The Bertz CT molecular complexity index is 1050. The first-order valence-corrected chi connectivity index (χ1v) is 12.7. The van der Waals surface area contributed by atoms with E-state index in [1.165, 1.54) is 56.2 Å². The molecule has 1 aliphatic heterocycles. The molecule has 5 heteroatoms. The van der Waals surface area contributed by atoms with Crippen LogP contribution in [0.4, 0.5) is 28.4 Å². The van der Waals surface area contributed by atoms with Crippen LogP contribution >= 0.6 is 0 Å². The summed E-state index contributed by atoms with van der Waals surface area (Å²) in [5.41, 5.74) is 5.96. The van der Waals surface area contributed by atoms with E-state index in [9.17, 15) is 0 Å². The van der Waals surface area contributed by atoms with Crippen molar-refractivity contribution in [2.45, 2.75) is 58.3 Å². The predicted octanol–water partition coefficient (Wildman–Crippen LogP) is 9.63. The second-order valence-corrected chi connectivity index (χ2v) is 8.96. The maximum Gasteiger partial charge on any atom is 0.0858 e. The summed E-state index contributed by atoms with van der Waals surface area (Å²) in [6.45, 7) is 4.55. The van der Waals surface area contributed by atoms with E-state index in [0.717, 1.165) is 42.3 Å². The van der Waals surface area contributed by atoms with Crippen LogP contribution in [0.3, 0.4) is 0 Å². The van der Waals surface area contributed by atoms with Crippen molar-refractivity contribution in [2.24, 2.45) is 20.5 Å². The number of benzene rings is 3. The molecule has 0 atom stereocenters. The molecule has 0 aliphatic carbocycles. The highest BCUT2D eigenvalue weighted by atomic mass is 15.1. The minimum Gasteiger partial charge on any atom is -0.372 e. The highest BCUT2D eigenvalue weighted by molar-refractivity contribution is 5.54. The zero-order chi connectivity index (χ0) is 23.4. The summed E-state index contributed by atoms with van der Waals surface area (Å²) in [5, 5.41) is 17.4. The van der Waals surface area contributed by atoms with E-state index in [2.05, 4.69) is 56.5 Å². The molecule has 1 aliphatic rings. The van der Waals surface area contributed by atoms with Crippen LogP contribution in [0.5, 0.6) is 0 Å². The molecule has 3 aromatic rings. The van der Waals surface area contributed by atoms with Gasteiger partial charge in [-0.25, -0.2) is 0 Å². The van der Waals surface area contributed by atoms with E-state index < -0.39 is 0 Å². The molecule has 4 rings (SSSR count). The number of hydrogen-bond donors (Lipinski definition) is 0. The quantitative estimate of drug-likeness (QED) is 0.210. The maximum absolute atomic E-state index is 4.37. The molecule has 0 radical (unpaired) electrons. The van der Waals surface area contributed by atoms with E-state index in [-0.39, 0.29) is 0 Å². The summed E-state index contributed by atoms with van der Waals surface area (Å²) in [6.07, 6.45) is 10.2. The first kappa shape index (κ1) is 23.8. The fraction of sp³-hybridized carbons (Fsp3) is 0.379. The lowest BCUT2D eigenvalue weighted by molar-refractivity contribution is 0.632. The molecule has 0 bridgehead atoms. The summed E-state index contributed by atoms with van der Waals surface area (Å²) in [5.74, 6) is 0. The van der Waals surface area contributed by atoms with Gasteiger partial charge in [0.25, 0.3) is 0 Å². The van der Waals surface area contributed by atoms with E-state index in [1.54, 1.807) is 0 Å². The summed E-state index contributed by atoms with van der Waals surface area (Å²) in [7, 11) is 0. The van der Waals surface area contributed by atoms with Crippen molar-refractivity contribution in [2.75, 3.05) is 18.0 Å². The second kappa shape index (κ2) is 12.8. The van der Waals surface area contributed by atoms with Gasteiger partial charge in [-0.1, -0.05) is 44.7 Å². The Morgan fingerprint density at radius 2 is 1.00 bits per heavy atom. The highest BCUT2D eigenvalue weighted by Crippen LogP contribution is 2.26. The van der Waals surface area contributed by atoms with Crippen molar-refractivity contribution in [3.05, 3.63) is 78.4 Å². The molecule has 0 N–H and O–H groups in total. The third kappa shape index (κ3) is 7.34. The molecule has 0 saturated carbocycles. The minimum atomic E-state index is 0.797. The van der Waals surface area contributed by atoms with Gasteiger partial charge in [0, 0.05) is 18.8 Å². The first-order chi connectivity index (χ1) is 16.8. The Hall–Kier alpha value is -3.34. The number of rotatable bonds is 11. The number of hydrogen-bond acceptors (Lipinski definition) is 5. The van der Waals surface area contributed by atoms with Gasteiger partial charge < -0.3 is 4.90 Å². The van der Waals surface area contributed by atoms with Crippen LogP contribution in [0.2, 0.25) is 0 Å². The van der Waals surface area contributed by atoms with Gasteiger partial charge in [-0.2, -0.15) is 20.5 Å². The van der Waals surface area contributed by atoms with Crippen LogP contribution in [0, 0.1) is 0 Å². The fourth-order valence-corrected chi connectivity index (χ4v) is 4.18. The number of nitrogens with zero attached hydrogens (tertiary/aromatic N) is 5. The number of anilines is 1. The van der Waals surface area contributed by atoms with Crippen LogP contribution < -0.4 is 4.90 Å². The van der Waals surface area contributed by atoms with Crippen LogP contribution in [0.25, 0.3) is 0 Å².